The van der Waals surface area contributed by atoms with Crippen molar-refractivity contribution >= 4 is 23.1 Å². The van der Waals surface area contributed by atoms with Crippen LogP contribution in [-0.4, -0.2) is 23.1 Å². The van der Waals surface area contributed by atoms with E-state index in [4.69, 9.17) is 0 Å². The van der Waals surface area contributed by atoms with Gasteiger partial charge in [0.15, 0.2) is 0 Å². The molecule has 0 radical (unpaired) electrons. The fraction of sp³-hybridized carbons (Fsp3) is 0.875. The smallest absolute Gasteiger partial charge is 1.00 e. The quantitative estimate of drug-likeness (QED) is 0.374. The second-order valence-electron chi connectivity index (χ2n) is 3.53. The molecule has 1 aliphatic rings. The Morgan fingerprint density at radius 2 is 1.50 bits per heavy atom. The Hall–Kier alpha value is 1.25. The van der Waals surface area contributed by atoms with E-state index in [1.807, 2.05) is 0 Å². The van der Waals surface area contributed by atoms with Crippen molar-refractivity contribution in [2.45, 2.75) is 39.5 Å². The van der Waals surface area contributed by atoms with Gasteiger partial charge in [-0.3, -0.25) is 0 Å². The van der Waals surface area contributed by atoms with E-state index in [0.29, 0.717) is 5.41 Å². The molecule has 0 unspecified atom stereocenters. The zero-order valence-electron chi connectivity index (χ0n) is 6.99. The summed E-state index contributed by atoms with van der Waals surface area (Å²) in [5.74, 6) is 0. The molecule has 0 aromatic heterocycles. The molecule has 1 aliphatic carbocycles. The van der Waals surface area contributed by atoms with E-state index in [0.717, 1.165) is 0 Å². The second-order valence-corrected chi connectivity index (χ2v) is 3.53. The average molecular weight is 215 g/mol. The third-order valence-corrected chi connectivity index (χ3v) is 2.05. The van der Waals surface area contributed by atoms with Crippen molar-refractivity contribution < 1.29 is 17.0 Å². The van der Waals surface area contributed by atoms with Gasteiger partial charge >= 0.3 is 23.1 Å². The summed E-state index contributed by atoms with van der Waals surface area (Å²) in [5.41, 5.74) is 0.648. The van der Waals surface area contributed by atoms with Crippen molar-refractivity contribution in [3.8, 4) is 0 Å². The Morgan fingerprint density at radius 3 is 1.70 bits per heavy atom. The average Bonchev–Trinajstić information content (AvgIpc) is 1.65. The van der Waals surface area contributed by atoms with E-state index in [9.17, 15) is 0 Å². The van der Waals surface area contributed by atoms with E-state index >= 15 is 0 Å². The Bertz CT molecular complexity index is 73.3. The van der Waals surface area contributed by atoms with Gasteiger partial charge in [-0.15, -0.1) is 0 Å². The van der Waals surface area contributed by atoms with E-state index in [1.165, 1.54) is 25.7 Å². The molecule has 0 atom stereocenters. The summed E-state index contributed by atoms with van der Waals surface area (Å²) in [6.07, 6.45) is 7.88. The third kappa shape index (κ3) is 4.97. The minimum Gasteiger partial charge on any atom is -1.00 e. The standard InChI is InChI=1S/C8H15.BrH.Mg/c1-8(2)6-4-3-5-7-8;;/h3H,4-7H2,1-2H3;1H;/q-1;;+2/p-1. The molecule has 0 aromatic rings. The molecule has 0 aliphatic heterocycles. The maximum absolute atomic E-state index is 2.41. The summed E-state index contributed by atoms with van der Waals surface area (Å²) < 4.78 is 0. The summed E-state index contributed by atoms with van der Waals surface area (Å²) in [6.45, 7) is 4.72. The van der Waals surface area contributed by atoms with Crippen LogP contribution in [-0.2, 0) is 0 Å². The zero-order chi connectivity index (χ0) is 6.04. The van der Waals surface area contributed by atoms with Gasteiger partial charge in [0, 0.05) is 0 Å². The van der Waals surface area contributed by atoms with Gasteiger partial charge in [0.05, 0.1) is 0 Å². The molecule has 56 valence electrons. The van der Waals surface area contributed by atoms with Gasteiger partial charge in [-0.25, -0.2) is 0 Å². The van der Waals surface area contributed by atoms with Crippen LogP contribution in [0.25, 0.3) is 0 Å². The fourth-order valence-corrected chi connectivity index (χ4v) is 1.25. The Morgan fingerprint density at radius 1 is 1.10 bits per heavy atom. The predicted molar refractivity (Wildman–Crippen MR) is 42.3 cm³/mol. The van der Waals surface area contributed by atoms with Crippen molar-refractivity contribution in [1.29, 1.82) is 0 Å². The largest absolute Gasteiger partial charge is 2.00 e. The first-order valence-electron chi connectivity index (χ1n) is 3.52. The number of hydrogen-bond acceptors (Lipinski definition) is 0. The Balaban J connectivity index is 0. The molecular weight excluding hydrogens is 200 g/mol. The third-order valence-electron chi connectivity index (χ3n) is 2.05. The first-order chi connectivity index (χ1) is 3.71. The molecule has 0 heterocycles. The molecule has 0 aromatic carbocycles. The molecule has 0 spiro atoms. The van der Waals surface area contributed by atoms with Crippen LogP contribution in [0.3, 0.4) is 0 Å². The van der Waals surface area contributed by atoms with Crippen molar-refractivity contribution in [2.75, 3.05) is 0 Å². The maximum atomic E-state index is 2.41. The predicted octanol–water partition coefficient (Wildman–Crippen LogP) is -0.586. The van der Waals surface area contributed by atoms with Crippen molar-refractivity contribution in [1.82, 2.24) is 0 Å². The summed E-state index contributed by atoms with van der Waals surface area (Å²) in [4.78, 5) is 0. The van der Waals surface area contributed by atoms with Gasteiger partial charge in [-0.2, -0.15) is 12.8 Å². The van der Waals surface area contributed by atoms with Crippen LogP contribution in [0.15, 0.2) is 0 Å². The van der Waals surface area contributed by atoms with Crippen LogP contribution in [0, 0.1) is 11.8 Å². The van der Waals surface area contributed by atoms with Crippen LogP contribution in [0.1, 0.15) is 39.5 Å². The maximum Gasteiger partial charge on any atom is 2.00 e. The molecule has 0 saturated heterocycles. The molecular formula is C8H15BrMg. The summed E-state index contributed by atoms with van der Waals surface area (Å²) in [6, 6.07) is 0. The van der Waals surface area contributed by atoms with Gasteiger partial charge in [0.1, 0.15) is 0 Å². The molecule has 0 nitrogen and oxygen atoms in total. The summed E-state index contributed by atoms with van der Waals surface area (Å²) in [5, 5.41) is 0. The van der Waals surface area contributed by atoms with Crippen molar-refractivity contribution in [3.05, 3.63) is 6.42 Å². The van der Waals surface area contributed by atoms with Crippen LogP contribution in [0.5, 0.6) is 0 Å². The van der Waals surface area contributed by atoms with Crippen molar-refractivity contribution in [3.63, 3.8) is 0 Å². The van der Waals surface area contributed by atoms with E-state index in [2.05, 4.69) is 20.3 Å². The Kier molecular flexibility index (Phi) is 8.07. The first-order valence-corrected chi connectivity index (χ1v) is 3.52. The molecule has 10 heavy (non-hydrogen) atoms. The molecule has 2 heteroatoms. The summed E-state index contributed by atoms with van der Waals surface area (Å²) in [7, 11) is 0. The molecule has 0 bridgehead atoms. The minimum atomic E-state index is 0. The number of halogens is 1. The second kappa shape index (κ2) is 5.84. The monoisotopic (exact) mass is 214 g/mol. The van der Waals surface area contributed by atoms with Crippen LogP contribution in [0.4, 0.5) is 0 Å². The Labute approximate surface area is 91.1 Å². The summed E-state index contributed by atoms with van der Waals surface area (Å²) >= 11 is 0. The molecule has 1 saturated carbocycles. The topological polar surface area (TPSA) is 0 Å². The fourth-order valence-electron chi connectivity index (χ4n) is 1.25. The van der Waals surface area contributed by atoms with Crippen LogP contribution >= 0.6 is 0 Å². The molecule has 1 rings (SSSR count). The van der Waals surface area contributed by atoms with Gasteiger partial charge in [-0.1, -0.05) is 26.7 Å². The molecule has 0 amide bonds. The van der Waals surface area contributed by atoms with Gasteiger partial charge < -0.3 is 23.4 Å². The first kappa shape index (κ1) is 13.8. The van der Waals surface area contributed by atoms with Gasteiger partial charge in [0.25, 0.3) is 0 Å². The minimum absolute atomic E-state index is 0. The van der Waals surface area contributed by atoms with Gasteiger partial charge in [-0.05, 0) is 5.41 Å². The molecule has 0 N–H and O–H groups in total. The van der Waals surface area contributed by atoms with E-state index < -0.39 is 0 Å². The normalized spacial score (nSPS) is 22.2. The molecule has 1 fully saturated rings. The van der Waals surface area contributed by atoms with Crippen molar-refractivity contribution in [2.24, 2.45) is 5.41 Å². The zero-order valence-corrected chi connectivity index (χ0v) is 9.99. The van der Waals surface area contributed by atoms with Gasteiger partial charge in [0.2, 0.25) is 0 Å². The van der Waals surface area contributed by atoms with Crippen LogP contribution in [0.2, 0.25) is 0 Å². The number of hydrogen-bond donors (Lipinski definition) is 0. The van der Waals surface area contributed by atoms with E-state index in [1.54, 1.807) is 0 Å². The van der Waals surface area contributed by atoms with Crippen LogP contribution < -0.4 is 17.0 Å². The number of rotatable bonds is 0. The SMILES string of the molecule is CC1(C)CC[CH-]CC1.[Br-].[Mg+2]. The van der Waals surface area contributed by atoms with E-state index in [-0.39, 0.29) is 40.0 Å².